The van der Waals surface area contributed by atoms with E-state index in [0.29, 0.717) is 18.2 Å². The summed E-state index contributed by atoms with van der Waals surface area (Å²) in [5, 5.41) is 3.30. The van der Waals surface area contributed by atoms with Gasteiger partial charge in [-0.25, -0.2) is 17.5 Å². The van der Waals surface area contributed by atoms with Gasteiger partial charge in [0.25, 0.3) is 0 Å². The molecular weight excluding hydrogens is 267 g/mol. The fourth-order valence-corrected chi connectivity index (χ4v) is 3.25. The smallest absolute Gasteiger partial charge is 0.240 e. The number of sulfonamides is 1. The second kappa shape index (κ2) is 5.98. The van der Waals surface area contributed by atoms with Crippen LogP contribution >= 0.6 is 0 Å². The van der Waals surface area contributed by atoms with Crippen LogP contribution in [0.2, 0.25) is 0 Å². The third-order valence-corrected chi connectivity index (χ3v) is 4.86. The van der Waals surface area contributed by atoms with E-state index in [0.717, 1.165) is 31.9 Å². The summed E-state index contributed by atoms with van der Waals surface area (Å²) in [6.07, 6.45) is 2.98. The first-order chi connectivity index (χ1) is 8.99. The van der Waals surface area contributed by atoms with Gasteiger partial charge in [-0.3, -0.25) is 0 Å². The highest BCUT2D eigenvalue weighted by molar-refractivity contribution is 7.89. The van der Waals surface area contributed by atoms with Crippen molar-refractivity contribution in [3.8, 4) is 0 Å². The second-order valence-corrected chi connectivity index (χ2v) is 6.66. The number of hydrogen-bond donors (Lipinski definition) is 2. The normalized spacial score (nSPS) is 19.8. The Kier molecular flexibility index (Phi) is 4.54. The fourth-order valence-electron chi connectivity index (χ4n) is 2.19. The third kappa shape index (κ3) is 3.75. The Hall–Kier alpha value is -0.980. The predicted molar refractivity (Wildman–Crippen MR) is 72.0 cm³/mol. The molecule has 1 aromatic rings. The van der Waals surface area contributed by atoms with Gasteiger partial charge in [0.15, 0.2) is 0 Å². The molecule has 0 bridgehead atoms. The minimum atomic E-state index is -3.61. The summed E-state index contributed by atoms with van der Waals surface area (Å²) in [7, 11) is -3.61. The standard InChI is InChI=1S/C13H19FN2O2S/c1-10-4-5-12(9-13(10)14)19(17,18)16-8-6-11-3-2-7-15-11/h4-5,9,11,15-16H,2-3,6-8H2,1H3/t11-/m0/s1. The van der Waals surface area contributed by atoms with Gasteiger partial charge in [0.05, 0.1) is 4.90 Å². The molecule has 1 aromatic carbocycles. The second-order valence-electron chi connectivity index (χ2n) is 4.89. The van der Waals surface area contributed by atoms with Crippen LogP contribution in [0.25, 0.3) is 0 Å². The van der Waals surface area contributed by atoms with E-state index < -0.39 is 15.8 Å². The van der Waals surface area contributed by atoms with Crippen molar-refractivity contribution < 1.29 is 12.8 Å². The van der Waals surface area contributed by atoms with E-state index in [1.54, 1.807) is 6.92 Å². The highest BCUT2D eigenvalue weighted by Crippen LogP contribution is 2.14. The summed E-state index contributed by atoms with van der Waals surface area (Å²) in [4.78, 5) is -0.0185. The molecule has 0 radical (unpaired) electrons. The lowest BCUT2D eigenvalue weighted by Gasteiger charge is -2.11. The lowest BCUT2D eigenvalue weighted by atomic mass is 10.2. The zero-order valence-corrected chi connectivity index (χ0v) is 11.8. The molecule has 1 saturated heterocycles. The molecule has 2 rings (SSSR count). The summed E-state index contributed by atoms with van der Waals surface area (Å²) < 4.78 is 39.8. The van der Waals surface area contributed by atoms with Crippen LogP contribution in [0.5, 0.6) is 0 Å². The zero-order chi connectivity index (χ0) is 13.9. The molecule has 0 amide bonds. The largest absolute Gasteiger partial charge is 0.314 e. The van der Waals surface area contributed by atoms with E-state index in [4.69, 9.17) is 0 Å². The van der Waals surface area contributed by atoms with Crippen LogP contribution in [0.3, 0.4) is 0 Å². The molecule has 1 atom stereocenters. The van der Waals surface area contributed by atoms with Crippen LogP contribution in [-0.2, 0) is 10.0 Å². The van der Waals surface area contributed by atoms with Crippen molar-refractivity contribution in [3.63, 3.8) is 0 Å². The minimum absolute atomic E-state index is 0.0185. The Bertz CT molecular complexity index is 540. The molecule has 106 valence electrons. The molecule has 6 heteroatoms. The van der Waals surface area contributed by atoms with Crippen LogP contribution in [0.4, 0.5) is 4.39 Å². The van der Waals surface area contributed by atoms with Gasteiger partial charge < -0.3 is 5.32 Å². The van der Waals surface area contributed by atoms with Crippen molar-refractivity contribution in [1.82, 2.24) is 10.0 Å². The summed E-state index contributed by atoms with van der Waals surface area (Å²) in [5.41, 5.74) is 0.439. The van der Waals surface area contributed by atoms with Crippen molar-refractivity contribution in [1.29, 1.82) is 0 Å². The number of nitrogens with one attached hydrogen (secondary N) is 2. The van der Waals surface area contributed by atoms with Crippen LogP contribution in [0, 0.1) is 12.7 Å². The molecule has 1 fully saturated rings. The number of aryl methyl sites for hydroxylation is 1. The average molecular weight is 286 g/mol. The van der Waals surface area contributed by atoms with E-state index in [1.807, 2.05) is 0 Å². The highest BCUT2D eigenvalue weighted by Gasteiger charge is 2.17. The molecule has 0 saturated carbocycles. The van der Waals surface area contributed by atoms with Gasteiger partial charge in [0.2, 0.25) is 10.0 Å². The van der Waals surface area contributed by atoms with Gasteiger partial charge in [-0.15, -0.1) is 0 Å². The molecule has 19 heavy (non-hydrogen) atoms. The van der Waals surface area contributed by atoms with E-state index in [2.05, 4.69) is 10.0 Å². The monoisotopic (exact) mass is 286 g/mol. The molecule has 1 aliphatic rings. The fraction of sp³-hybridized carbons (Fsp3) is 0.538. The Labute approximate surface area is 113 Å². The quantitative estimate of drug-likeness (QED) is 0.863. The summed E-state index contributed by atoms with van der Waals surface area (Å²) in [5.74, 6) is -0.500. The number of halogens is 1. The Morgan fingerprint density at radius 2 is 2.26 bits per heavy atom. The molecular formula is C13H19FN2O2S. The van der Waals surface area contributed by atoms with Crippen molar-refractivity contribution in [2.75, 3.05) is 13.1 Å². The van der Waals surface area contributed by atoms with Crippen molar-refractivity contribution in [2.24, 2.45) is 0 Å². The summed E-state index contributed by atoms with van der Waals surface area (Å²) >= 11 is 0. The van der Waals surface area contributed by atoms with Gasteiger partial charge in [-0.1, -0.05) is 6.07 Å². The van der Waals surface area contributed by atoms with E-state index in [-0.39, 0.29) is 4.90 Å². The number of rotatable bonds is 5. The first kappa shape index (κ1) is 14.4. The third-order valence-electron chi connectivity index (χ3n) is 3.40. The average Bonchev–Trinajstić information content (AvgIpc) is 2.85. The Balaban J connectivity index is 1.95. The first-order valence-electron chi connectivity index (χ1n) is 6.48. The van der Waals surface area contributed by atoms with E-state index >= 15 is 0 Å². The maximum Gasteiger partial charge on any atom is 0.240 e. The van der Waals surface area contributed by atoms with Crippen LogP contribution in [0.1, 0.15) is 24.8 Å². The van der Waals surface area contributed by atoms with E-state index in [9.17, 15) is 12.8 Å². The maximum atomic E-state index is 13.4. The molecule has 0 spiro atoms. The topological polar surface area (TPSA) is 58.2 Å². The predicted octanol–water partition coefficient (Wildman–Crippen LogP) is 1.55. The molecule has 0 aliphatic carbocycles. The van der Waals surface area contributed by atoms with Gasteiger partial charge in [-0.2, -0.15) is 0 Å². The van der Waals surface area contributed by atoms with Gasteiger partial charge in [0.1, 0.15) is 5.82 Å². The van der Waals surface area contributed by atoms with Gasteiger partial charge in [0, 0.05) is 12.6 Å². The molecule has 1 aliphatic heterocycles. The molecule has 1 heterocycles. The van der Waals surface area contributed by atoms with E-state index in [1.165, 1.54) is 12.1 Å². The maximum absolute atomic E-state index is 13.4. The van der Waals surface area contributed by atoms with Crippen molar-refractivity contribution in [3.05, 3.63) is 29.6 Å². The number of hydrogen-bond acceptors (Lipinski definition) is 3. The summed E-state index contributed by atoms with van der Waals surface area (Å²) in [6, 6.07) is 4.35. The Morgan fingerprint density at radius 3 is 2.89 bits per heavy atom. The van der Waals surface area contributed by atoms with Crippen LogP contribution < -0.4 is 10.0 Å². The van der Waals surface area contributed by atoms with Gasteiger partial charge >= 0.3 is 0 Å². The van der Waals surface area contributed by atoms with Crippen molar-refractivity contribution in [2.45, 2.75) is 37.1 Å². The number of benzene rings is 1. The van der Waals surface area contributed by atoms with Crippen LogP contribution in [-0.4, -0.2) is 27.5 Å². The van der Waals surface area contributed by atoms with Crippen LogP contribution in [0.15, 0.2) is 23.1 Å². The minimum Gasteiger partial charge on any atom is -0.314 e. The van der Waals surface area contributed by atoms with Gasteiger partial charge in [-0.05, 0) is 50.4 Å². The molecule has 2 N–H and O–H groups in total. The first-order valence-corrected chi connectivity index (χ1v) is 7.96. The molecule has 4 nitrogen and oxygen atoms in total. The van der Waals surface area contributed by atoms with Crippen molar-refractivity contribution >= 4 is 10.0 Å². The lowest BCUT2D eigenvalue weighted by Crippen LogP contribution is -2.30. The lowest BCUT2D eigenvalue weighted by molar-refractivity contribution is 0.538. The molecule has 0 aromatic heterocycles. The SMILES string of the molecule is Cc1ccc(S(=O)(=O)NCC[C@@H]2CCCN2)cc1F. The molecule has 0 unspecified atom stereocenters. The highest BCUT2D eigenvalue weighted by atomic mass is 32.2. The Morgan fingerprint density at radius 1 is 1.47 bits per heavy atom. The zero-order valence-electron chi connectivity index (χ0n) is 10.9. The summed E-state index contributed by atoms with van der Waals surface area (Å²) in [6.45, 7) is 2.97.